The second kappa shape index (κ2) is 9.80. The molecule has 0 fully saturated rings. The number of hydrogen-bond donors (Lipinski definition) is 0. The third-order valence-electron chi connectivity index (χ3n) is 1.83. The van der Waals surface area contributed by atoms with E-state index in [2.05, 4.69) is 9.47 Å². The van der Waals surface area contributed by atoms with Gasteiger partial charge in [0.2, 0.25) is 0 Å². The molecular weight excluding hydrogens is 384 g/mol. The van der Waals surface area contributed by atoms with Crippen molar-refractivity contribution < 1.29 is 53.1 Å². The van der Waals surface area contributed by atoms with Crippen molar-refractivity contribution in [2.45, 2.75) is 25.6 Å². The average molecular weight is 394 g/mol. The lowest BCUT2D eigenvalue weighted by molar-refractivity contribution is -0.0704. The van der Waals surface area contributed by atoms with E-state index in [1.807, 2.05) is 0 Å². The summed E-state index contributed by atoms with van der Waals surface area (Å²) in [4.78, 5) is 0. The summed E-state index contributed by atoms with van der Waals surface area (Å²) in [7, 11) is -4.76. The minimum absolute atomic E-state index is 0.364. The van der Waals surface area contributed by atoms with Crippen molar-refractivity contribution in [3.05, 3.63) is 18.2 Å². The molecule has 3 atom stereocenters. The molecule has 14 heteroatoms. The van der Waals surface area contributed by atoms with Gasteiger partial charge in [-0.05, 0) is 0 Å². The smallest absolute Gasteiger partial charge is 0.454 e. The molecule has 0 heterocycles. The largest absolute Gasteiger partial charge is 0.673 e. The molecule has 2 nitrogen and oxygen atoms in total. The van der Waals surface area contributed by atoms with Gasteiger partial charge in [0.1, 0.15) is 11.5 Å². The summed E-state index contributed by atoms with van der Waals surface area (Å²) >= 11 is 0. The van der Waals surface area contributed by atoms with Crippen molar-refractivity contribution in [3.8, 4) is 11.5 Å². The lowest BCUT2D eigenvalue weighted by Crippen LogP contribution is -2.21. The van der Waals surface area contributed by atoms with Gasteiger partial charge < -0.3 is 26.7 Å². The fraction of sp³-hybridized carbons (Fsp3) is 0.400. The van der Waals surface area contributed by atoms with Crippen LogP contribution in [-0.4, -0.2) is 32.8 Å². The Kier molecular flexibility index (Phi) is 9.23. The zero-order chi connectivity index (χ0) is 19.1. The van der Waals surface area contributed by atoms with Crippen molar-refractivity contribution in [2.24, 2.45) is 0 Å². The second-order valence-electron chi connectivity index (χ2n) is 3.91. The molecule has 3 unspecified atom stereocenters. The first-order valence-electron chi connectivity index (χ1n) is 5.81. The molecule has 0 aromatic heterocycles. The maximum Gasteiger partial charge on any atom is 0.673 e. The maximum absolute atomic E-state index is 12.7. The second-order valence-corrected chi connectivity index (χ2v) is 4.73. The molecule has 1 aromatic rings. The monoisotopic (exact) mass is 394 g/mol. The molecule has 0 radical (unpaired) electrons. The SMILES string of the molecule is FC(F)C(F)Oc1cc([PH3+])cc(OC(F)C(F)F)c1.F[B-](F)(F)F. The number of benzene rings is 1. The molecule has 0 N–H and O–H groups in total. The highest BCUT2D eigenvalue weighted by molar-refractivity contribution is 7.27. The summed E-state index contributed by atoms with van der Waals surface area (Å²) in [6, 6.07) is 3.23. The Labute approximate surface area is 131 Å². The first kappa shape index (κ1) is 22.6. The van der Waals surface area contributed by atoms with Crippen LogP contribution in [0.4, 0.5) is 43.6 Å². The number of ether oxygens (including phenoxy) is 2. The predicted molar refractivity (Wildman–Crippen MR) is 70.4 cm³/mol. The molecule has 0 aliphatic heterocycles. The first-order chi connectivity index (χ1) is 10.8. The Morgan fingerprint density at radius 1 is 0.708 bits per heavy atom. The summed E-state index contributed by atoms with van der Waals surface area (Å²) in [6.45, 7) is 0. The fourth-order valence-corrected chi connectivity index (χ4v) is 1.53. The van der Waals surface area contributed by atoms with Gasteiger partial charge in [-0.15, -0.1) is 0 Å². The Bertz CT molecular complexity index is 461. The number of rotatable bonds is 6. The molecule has 0 saturated carbocycles. The van der Waals surface area contributed by atoms with Crippen molar-refractivity contribution >= 4 is 21.8 Å². The highest BCUT2D eigenvalue weighted by Gasteiger charge is 2.24. The Hall–Kier alpha value is -1.39. The Balaban J connectivity index is 0.000000922. The van der Waals surface area contributed by atoms with E-state index >= 15 is 0 Å². The highest BCUT2D eigenvalue weighted by Crippen LogP contribution is 2.24. The molecule has 0 aliphatic carbocycles. The molecular formula is C10H10BF10O2P. The number of alkyl halides is 6. The molecule has 140 valence electrons. The summed E-state index contributed by atoms with van der Waals surface area (Å²) in [5.41, 5.74) is 0. The standard InChI is InChI=1S/C10H9F6O2P.BF4/c11-7(12)9(15)17-4-1-5(3-6(19)2-4)18-10(16)8(13)14;2-1(3,4)5/h1-3,7-10H,19H2;/q;-1/p+1. The Morgan fingerprint density at radius 3 is 1.25 bits per heavy atom. The van der Waals surface area contributed by atoms with E-state index in [-0.39, 0.29) is 11.5 Å². The molecule has 0 amide bonds. The average Bonchev–Trinajstić information content (AvgIpc) is 2.35. The van der Waals surface area contributed by atoms with Crippen molar-refractivity contribution in [2.75, 3.05) is 0 Å². The van der Waals surface area contributed by atoms with Crippen LogP contribution in [0.3, 0.4) is 0 Å². The normalized spacial score (nSPS) is 14.2. The van der Waals surface area contributed by atoms with Crippen LogP contribution in [0.25, 0.3) is 0 Å². The minimum atomic E-state index is -6.00. The zero-order valence-corrected chi connectivity index (χ0v) is 12.8. The third-order valence-corrected chi connectivity index (χ3v) is 2.24. The van der Waals surface area contributed by atoms with E-state index in [0.717, 1.165) is 6.07 Å². The summed E-state index contributed by atoms with van der Waals surface area (Å²) < 4.78 is 121. The molecule has 1 aromatic carbocycles. The summed E-state index contributed by atoms with van der Waals surface area (Å²) in [5, 5.41) is 0.371. The maximum atomic E-state index is 12.7. The van der Waals surface area contributed by atoms with Crippen LogP contribution in [0.15, 0.2) is 18.2 Å². The van der Waals surface area contributed by atoms with Crippen molar-refractivity contribution in [1.29, 1.82) is 0 Å². The van der Waals surface area contributed by atoms with Gasteiger partial charge in [-0.1, -0.05) is 0 Å². The van der Waals surface area contributed by atoms with E-state index in [9.17, 15) is 43.6 Å². The van der Waals surface area contributed by atoms with Crippen molar-refractivity contribution in [3.63, 3.8) is 0 Å². The van der Waals surface area contributed by atoms with Crippen LogP contribution in [0.5, 0.6) is 11.5 Å². The van der Waals surface area contributed by atoms with Crippen LogP contribution < -0.4 is 14.8 Å². The zero-order valence-electron chi connectivity index (χ0n) is 11.4. The van der Waals surface area contributed by atoms with E-state index in [0.29, 0.717) is 5.30 Å². The predicted octanol–water partition coefficient (Wildman–Crippen LogP) is 4.10. The molecule has 0 aliphatic rings. The van der Waals surface area contributed by atoms with Gasteiger partial charge in [-0.3, -0.25) is 0 Å². The van der Waals surface area contributed by atoms with Gasteiger partial charge >= 0.3 is 20.1 Å². The first-order valence-corrected chi connectivity index (χ1v) is 6.52. The molecule has 24 heavy (non-hydrogen) atoms. The van der Waals surface area contributed by atoms with Crippen LogP contribution in [0.2, 0.25) is 0 Å². The summed E-state index contributed by atoms with van der Waals surface area (Å²) in [6.07, 6.45) is -12.5. The lowest BCUT2D eigenvalue weighted by Gasteiger charge is -2.13. The van der Waals surface area contributed by atoms with Gasteiger partial charge in [-0.2, -0.15) is 8.78 Å². The van der Waals surface area contributed by atoms with Crippen LogP contribution in [0, 0.1) is 0 Å². The van der Waals surface area contributed by atoms with Crippen LogP contribution in [0.1, 0.15) is 0 Å². The Morgan fingerprint density at radius 2 is 1.00 bits per heavy atom. The lowest BCUT2D eigenvalue weighted by atomic mass is 10.3. The quantitative estimate of drug-likeness (QED) is 0.411. The number of halogens is 10. The van der Waals surface area contributed by atoms with E-state index in [1.54, 1.807) is 0 Å². The third kappa shape index (κ3) is 11.2. The van der Waals surface area contributed by atoms with Crippen LogP contribution in [-0.2, 0) is 0 Å². The molecule has 0 saturated heterocycles. The topological polar surface area (TPSA) is 18.5 Å². The minimum Gasteiger partial charge on any atom is -0.454 e. The fourth-order valence-electron chi connectivity index (χ4n) is 1.13. The number of hydrogen-bond acceptors (Lipinski definition) is 2. The van der Waals surface area contributed by atoms with Gasteiger partial charge in [-0.25, -0.2) is 17.6 Å². The summed E-state index contributed by atoms with van der Waals surface area (Å²) in [5.74, 6) is -0.728. The van der Waals surface area contributed by atoms with Gasteiger partial charge in [0, 0.05) is 27.4 Å². The van der Waals surface area contributed by atoms with E-state index < -0.39 is 32.8 Å². The van der Waals surface area contributed by atoms with Gasteiger partial charge in [0.05, 0.1) is 5.30 Å². The van der Waals surface area contributed by atoms with Crippen molar-refractivity contribution in [1.82, 2.24) is 0 Å². The van der Waals surface area contributed by atoms with Gasteiger partial charge in [0.15, 0.2) is 0 Å². The van der Waals surface area contributed by atoms with Crippen LogP contribution >= 0.6 is 9.24 Å². The highest BCUT2D eigenvalue weighted by atomic mass is 31.0. The van der Waals surface area contributed by atoms with E-state index in [4.69, 9.17) is 0 Å². The molecule has 0 spiro atoms. The molecule has 1 rings (SSSR count). The van der Waals surface area contributed by atoms with E-state index in [1.165, 1.54) is 21.4 Å². The van der Waals surface area contributed by atoms with Gasteiger partial charge in [0.25, 0.3) is 12.7 Å². The molecule has 0 bridgehead atoms.